The van der Waals surface area contributed by atoms with E-state index in [1.165, 1.54) is 0 Å². The van der Waals surface area contributed by atoms with Crippen LogP contribution >= 0.6 is 0 Å². The van der Waals surface area contributed by atoms with Crippen LogP contribution in [0, 0.1) is 5.92 Å². The largest absolute Gasteiger partial charge is 0.375 e. The molecule has 2 aliphatic rings. The second kappa shape index (κ2) is 6.48. The molecule has 5 nitrogen and oxygen atoms in total. The molecular formula is C17H22N2O3. The molecule has 22 heavy (non-hydrogen) atoms. The third-order valence-electron chi connectivity index (χ3n) is 4.40. The van der Waals surface area contributed by atoms with Gasteiger partial charge in [-0.15, -0.1) is 0 Å². The number of ether oxygens (including phenoxy) is 1. The smallest absolute Gasteiger partial charge is 0.254 e. The lowest BCUT2D eigenvalue weighted by Gasteiger charge is -2.31. The Morgan fingerprint density at radius 3 is 2.55 bits per heavy atom. The quantitative estimate of drug-likeness (QED) is 0.932. The fraction of sp³-hybridized carbons (Fsp3) is 0.529. The van der Waals surface area contributed by atoms with Crippen LogP contribution in [0.5, 0.6) is 0 Å². The lowest BCUT2D eigenvalue weighted by Crippen LogP contribution is -2.44. The number of amides is 2. The Bertz CT molecular complexity index is 552. The summed E-state index contributed by atoms with van der Waals surface area (Å²) in [5.41, 5.74) is 1.40. The summed E-state index contributed by atoms with van der Waals surface area (Å²) in [5, 5.41) is 2.91. The molecule has 1 heterocycles. The van der Waals surface area contributed by atoms with Crippen LogP contribution in [0.15, 0.2) is 24.3 Å². The topological polar surface area (TPSA) is 58.6 Å². The molecule has 1 aliphatic heterocycles. The summed E-state index contributed by atoms with van der Waals surface area (Å²) >= 11 is 0. The van der Waals surface area contributed by atoms with Gasteiger partial charge >= 0.3 is 0 Å². The van der Waals surface area contributed by atoms with E-state index < -0.39 is 0 Å². The van der Waals surface area contributed by atoms with Gasteiger partial charge < -0.3 is 15.0 Å². The number of nitrogens with one attached hydrogen (secondary N) is 1. The predicted octanol–water partition coefficient (Wildman–Crippen LogP) is 2.29. The summed E-state index contributed by atoms with van der Waals surface area (Å²) < 4.78 is 5.45. The number of carbonyl (C=O) groups is 2. The molecule has 1 saturated heterocycles. The summed E-state index contributed by atoms with van der Waals surface area (Å²) in [7, 11) is 0. The van der Waals surface area contributed by atoms with Gasteiger partial charge in [-0.25, -0.2) is 0 Å². The zero-order chi connectivity index (χ0) is 15.5. The van der Waals surface area contributed by atoms with E-state index in [9.17, 15) is 9.59 Å². The van der Waals surface area contributed by atoms with Crippen molar-refractivity contribution in [2.24, 2.45) is 5.92 Å². The van der Waals surface area contributed by atoms with Gasteiger partial charge in [-0.3, -0.25) is 9.59 Å². The summed E-state index contributed by atoms with van der Waals surface area (Å²) in [6, 6.07) is 7.15. The summed E-state index contributed by atoms with van der Waals surface area (Å²) in [5.74, 6) is 0.274. The zero-order valence-electron chi connectivity index (χ0n) is 12.9. The number of nitrogens with zero attached hydrogens (tertiary/aromatic N) is 1. The molecule has 5 heteroatoms. The summed E-state index contributed by atoms with van der Waals surface area (Å²) in [4.78, 5) is 26.1. The summed E-state index contributed by atoms with van der Waals surface area (Å²) in [6.45, 7) is 3.81. The number of hydrogen-bond acceptors (Lipinski definition) is 3. The Hall–Kier alpha value is -1.88. The molecule has 0 spiro atoms. The number of hydrogen-bond donors (Lipinski definition) is 1. The van der Waals surface area contributed by atoms with Gasteiger partial charge in [-0.2, -0.15) is 0 Å². The maximum Gasteiger partial charge on any atom is 0.254 e. The van der Waals surface area contributed by atoms with Crippen molar-refractivity contribution in [1.82, 2.24) is 4.90 Å². The first-order valence-electron chi connectivity index (χ1n) is 7.95. The fourth-order valence-electron chi connectivity index (χ4n) is 2.80. The van der Waals surface area contributed by atoms with E-state index in [0.29, 0.717) is 25.3 Å². The van der Waals surface area contributed by atoms with Crippen LogP contribution in [-0.2, 0) is 9.53 Å². The first-order chi connectivity index (χ1) is 10.6. The monoisotopic (exact) mass is 302 g/mol. The van der Waals surface area contributed by atoms with E-state index in [0.717, 1.165) is 24.9 Å². The standard InChI is InChI=1S/C17H22N2O3/c1-12-11-19(9-10-22-12)17(21)14-5-7-15(8-6-14)18-16(20)13-3-2-4-13/h5-8,12-13H,2-4,9-11H2,1H3,(H,18,20). The van der Waals surface area contributed by atoms with Crippen molar-refractivity contribution < 1.29 is 14.3 Å². The van der Waals surface area contributed by atoms with Crippen molar-refractivity contribution in [1.29, 1.82) is 0 Å². The molecular weight excluding hydrogens is 280 g/mol. The predicted molar refractivity (Wildman–Crippen MR) is 83.7 cm³/mol. The van der Waals surface area contributed by atoms with Crippen molar-refractivity contribution in [3.8, 4) is 0 Å². The van der Waals surface area contributed by atoms with Crippen LogP contribution in [0.3, 0.4) is 0 Å². The number of anilines is 1. The molecule has 118 valence electrons. The highest BCUT2D eigenvalue weighted by molar-refractivity contribution is 5.96. The van der Waals surface area contributed by atoms with E-state index >= 15 is 0 Å². The number of carbonyl (C=O) groups excluding carboxylic acids is 2. The molecule has 1 aliphatic carbocycles. The van der Waals surface area contributed by atoms with E-state index in [4.69, 9.17) is 4.74 Å². The third kappa shape index (κ3) is 3.30. The molecule has 1 aromatic rings. The molecule has 1 saturated carbocycles. The second-order valence-electron chi connectivity index (χ2n) is 6.13. The van der Waals surface area contributed by atoms with Crippen LogP contribution in [-0.4, -0.2) is 42.5 Å². The van der Waals surface area contributed by atoms with E-state index in [1.807, 2.05) is 11.8 Å². The minimum atomic E-state index is 0.0204. The molecule has 3 rings (SSSR count). The van der Waals surface area contributed by atoms with Crippen molar-refractivity contribution in [2.75, 3.05) is 25.0 Å². The van der Waals surface area contributed by atoms with Gasteiger partial charge in [-0.05, 0) is 44.0 Å². The molecule has 2 fully saturated rings. The highest BCUT2D eigenvalue weighted by Crippen LogP contribution is 2.27. The third-order valence-corrected chi connectivity index (χ3v) is 4.40. The van der Waals surface area contributed by atoms with Gasteiger partial charge in [-0.1, -0.05) is 6.42 Å². The number of benzene rings is 1. The van der Waals surface area contributed by atoms with Gasteiger partial charge in [0.1, 0.15) is 0 Å². The molecule has 1 N–H and O–H groups in total. The normalized spacial score (nSPS) is 22.0. The Balaban J connectivity index is 1.60. The average Bonchev–Trinajstić information content (AvgIpc) is 2.45. The lowest BCUT2D eigenvalue weighted by molar-refractivity contribution is -0.122. The number of rotatable bonds is 3. The lowest BCUT2D eigenvalue weighted by atomic mass is 9.85. The van der Waals surface area contributed by atoms with Crippen LogP contribution < -0.4 is 5.32 Å². The first kappa shape index (κ1) is 15.0. The highest BCUT2D eigenvalue weighted by Gasteiger charge is 2.25. The SMILES string of the molecule is CC1CN(C(=O)c2ccc(NC(=O)C3CCC3)cc2)CCO1. The molecule has 0 radical (unpaired) electrons. The second-order valence-corrected chi connectivity index (χ2v) is 6.13. The van der Waals surface area contributed by atoms with Gasteiger partial charge in [0.25, 0.3) is 5.91 Å². The maximum atomic E-state index is 12.4. The van der Waals surface area contributed by atoms with Gasteiger partial charge in [0.15, 0.2) is 0 Å². The van der Waals surface area contributed by atoms with Gasteiger partial charge in [0.05, 0.1) is 12.7 Å². The van der Waals surface area contributed by atoms with Crippen molar-refractivity contribution in [2.45, 2.75) is 32.3 Å². The Morgan fingerprint density at radius 1 is 1.23 bits per heavy atom. The fourth-order valence-corrected chi connectivity index (χ4v) is 2.80. The Kier molecular flexibility index (Phi) is 4.43. The minimum absolute atomic E-state index is 0.0204. The molecule has 0 aromatic heterocycles. The number of morpholine rings is 1. The van der Waals surface area contributed by atoms with Crippen molar-refractivity contribution >= 4 is 17.5 Å². The highest BCUT2D eigenvalue weighted by atomic mass is 16.5. The molecule has 1 aromatic carbocycles. The van der Waals surface area contributed by atoms with Crippen molar-refractivity contribution in [3.05, 3.63) is 29.8 Å². The molecule has 2 amide bonds. The van der Waals surface area contributed by atoms with E-state index in [-0.39, 0.29) is 23.8 Å². The maximum absolute atomic E-state index is 12.4. The van der Waals surface area contributed by atoms with Gasteiger partial charge in [0.2, 0.25) is 5.91 Å². The Labute approximate surface area is 130 Å². The van der Waals surface area contributed by atoms with Crippen LogP contribution in [0.1, 0.15) is 36.5 Å². The van der Waals surface area contributed by atoms with Crippen LogP contribution in [0.2, 0.25) is 0 Å². The molecule has 1 atom stereocenters. The minimum Gasteiger partial charge on any atom is -0.375 e. The van der Waals surface area contributed by atoms with E-state index in [1.54, 1.807) is 24.3 Å². The molecule has 1 unspecified atom stereocenters. The molecule has 0 bridgehead atoms. The Morgan fingerprint density at radius 2 is 1.95 bits per heavy atom. The first-order valence-corrected chi connectivity index (χ1v) is 7.95. The van der Waals surface area contributed by atoms with E-state index in [2.05, 4.69) is 5.32 Å². The van der Waals surface area contributed by atoms with Crippen LogP contribution in [0.25, 0.3) is 0 Å². The summed E-state index contributed by atoms with van der Waals surface area (Å²) in [6.07, 6.45) is 3.19. The van der Waals surface area contributed by atoms with Gasteiger partial charge in [0, 0.05) is 30.3 Å². The van der Waals surface area contributed by atoms with Crippen molar-refractivity contribution in [3.63, 3.8) is 0 Å². The van der Waals surface area contributed by atoms with Crippen LogP contribution in [0.4, 0.5) is 5.69 Å². The zero-order valence-corrected chi connectivity index (χ0v) is 12.9. The average molecular weight is 302 g/mol.